The van der Waals surface area contributed by atoms with Gasteiger partial charge in [0.05, 0.1) is 40.0 Å². The van der Waals surface area contributed by atoms with E-state index in [0.717, 1.165) is 25.7 Å². The van der Waals surface area contributed by atoms with Crippen LogP contribution in [0.5, 0.6) is 0 Å². The predicted molar refractivity (Wildman–Crippen MR) is 264 cm³/mol. The zero-order valence-electron chi connectivity index (χ0n) is 41.0. The van der Waals surface area contributed by atoms with Crippen LogP contribution in [0.15, 0.2) is 72.9 Å². The van der Waals surface area contributed by atoms with Crippen molar-refractivity contribution in [3.63, 3.8) is 0 Å². The molecule has 12 heteroatoms. The molecule has 3 N–H and O–H groups in total. The van der Waals surface area contributed by atoms with Crippen molar-refractivity contribution >= 4 is 19.8 Å². The molecule has 0 aliphatic rings. The second-order valence-electron chi connectivity index (χ2n) is 17.9. The number of carbonyl (C=O) groups excluding carboxylic acids is 2. The van der Waals surface area contributed by atoms with Gasteiger partial charge in [0.2, 0.25) is 0 Å². The molecule has 0 aliphatic carbocycles. The molecule has 0 aliphatic heterocycles. The van der Waals surface area contributed by atoms with Crippen molar-refractivity contribution < 1.29 is 52.3 Å². The standard InChI is InChI=1S/C52H92NO10P/c1-6-8-10-11-12-13-14-15-16-17-18-19-20-21-22-23-27-30-36-42-51(56)60-46-50(47-62-64(58,59)61-45-44-53(3,4)5)63-52(57)43-37-31-35-41-49(55)40-34-29-26-24-25-28-33-39-48(54)38-32-9-7-2/h9,25-26,28-29,32-35,39-41,48-50,54-55H,6-8,10-24,27,30-31,36-38,42-47H2,1-5H3/p+1/b28-25-,29-26-,32-9-,39-33+,40-34+,41-35-/t48-,49-,50+/m0/s1. The number of likely N-dealkylation sites (N-methyl/N-ethyl adjacent to an activating group) is 1. The monoisotopic (exact) mass is 923 g/mol. The van der Waals surface area contributed by atoms with E-state index in [4.69, 9.17) is 18.5 Å². The van der Waals surface area contributed by atoms with Crippen LogP contribution in [0.1, 0.15) is 181 Å². The number of hydrogen-bond acceptors (Lipinski definition) is 9. The maximum Gasteiger partial charge on any atom is 0.472 e. The Hall–Kier alpha value is -2.63. The average Bonchev–Trinajstić information content (AvgIpc) is 3.24. The van der Waals surface area contributed by atoms with Gasteiger partial charge in [0.1, 0.15) is 19.8 Å². The van der Waals surface area contributed by atoms with E-state index >= 15 is 0 Å². The number of carbonyl (C=O) groups is 2. The Morgan fingerprint density at radius 1 is 0.594 bits per heavy atom. The summed E-state index contributed by atoms with van der Waals surface area (Å²) in [5.74, 6) is -0.980. The van der Waals surface area contributed by atoms with Gasteiger partial charge < -0.3 is 29.1 Å². The second-order valence-corrected chi connectivity index (χ2v) is 19.3. The molecule has 0 bridgehead atoms. The van der Waals surface area contributed by atoms with Crippen molar-refractivity contribution in [1.29, 1.82) is 0 Å². The van der Waals surface area contributed by atoms with Crippen molar-refractivity contribution in [2.24, 2.45) is 0 Å². The Morgan fingerprint density at radius 2 is 1.12 bits per heavy atom. The van der Waals surface area contributed by atoms with Crippen LogP contribution >= 0.6 is 7.82 Å². The Bertz CT molecular complexity index is 1350. The lowest BCUT2D eigenvalue weighted by atomic mass is 10.0. The average molecular weight is 923 g/mol. The number of unbranched alkanes of at least 4 members (excludes halogenated alkanes) is 19. The maximum atomic E-state index is 12.7. The predicted octanol–water partition coefficient (Wildman–Crippen LogP) is 12.5. The van der Waals surface area contributed by atoms with Gasteiger partial charge in [-0.2, -0.15) is 0 Å². The molecule has 0 rings (SSSR count). The molecule has 0 aromatic rings. The van der Waals surface area contributed by atoms with E-state index in [-0.39, 0.29) is 26.1 Å². The van der Waals surface area contributed by atoms with Crippen molar-refractivity contribution in [3.8, 4) is 0 Å². The van der Waals surface area contributed by atoms with E-state index in [1.165, 1.54) is 96.3 Å². The molecule has 0 fully saturated rings. The Morgan fingerprint density at radius 3 is 1.67 bits per heavy atom. The third-order valence-corrected chi connectivity index (χ3v) is 11.4. The molecule has 11 nitrogen and oxygen atoms in total. The number of rotatable bonds is 44. The SMILES string of the molecule is CC/C=C\C[C@H](O)/C=C/C=C\C/C=C\C=C\[C@H](O)/C=C\CCCC(=O)O[C@H](COC(=O)CCCCCCCCCCCCCCCCCCCCC)COP(=O)(O)OCC[N+](C)(C)C. The molecule has 0 heterocycles. The first-order chi connectivity index (χ1) is 30.8. The Kier molecular flexibility index (Phi) is 41.2. The highest BCUT2D eigenvalue weighted by Crippen LogP contribution is 2.43. The number of phosphoric ester groups is 1. The molecule has 0 spiro atoms. The lowest BCUT2D eigenvalue weighted by Gasteiger charge is -2.24. The van der Waals surface area contributed by atoms with Crippen LogP contribution in [0, 0.1) is 0 Å². The first-order valence-corrected chi connectivity index (χ1v) is 26.4. The number of aliphatic hydroxyl groups is 2. The van der Waals surface area contributed by atoms with Gasteiger partial charge in [0.25, 0.3) is 0 Å². The summed E-state index contributed by atoms with van der Waals surface area (Å²) in [5, 5.41) is 20.1. The second kappa shape index (κ2) is 43.0. The molecule has 0 aromatic heterocycles. The molecule has 0 saturated carbocycles. The zero-order chi connectivity index (χ0) is 47.4. The van der Waals surface area contributed by atoms with Crippen molar-refractivity contribution in [1.82, 2.24) is 0 Å². The van der Waals surface area contributed by atoms with Crippen LogP contribution in [0.2, 0.25) is 0 Å². The number of hydrogen-bond donors (Lipinski definition) is 3. The summed E-state index contributed by atoms with van der Waals surface area (Å²) in [5.41, 5.74) is 0. The highest BCUT2D eigenvalue weighted by atomic mass is 31.2. The first-order valence-electron chi connectivity index (χ1n) is 24.9. The largest absolute Gasteiger partial charge is 0.472 e. The summed E-state index contributed by atoms with van der Waals surface area (Å²) in [4.78, 5) is 35.5. The molecule has 64 heavy (non-hydrogen) atoms. The van der Waals surface area contributed by atoms with Gasteiger partial charge >= 0.3 is 19.8 Å². The molecule has 1 unspecified atom stereocenters. The van der Waals surface area contributed by atoms with Gasteiger partial charge in [-0.3, -0.25) is 18.6 Å². The van der Waals surface area contributed by atoms with E-state index in [1.54, 1.807) is 30.4 Å². The minimum Gasteiger partial charge on any atom is -0.462 e. The summed E-state index contributed by atoms with van der Waals surface area (Å²) in [6, 6.07) is 0. The zero-order valence-corrected chi connectivity index (χ0v) is 41.9. The van der Waals surface area contributed by atoms with Crippen molar-refractivity contribution in [2.75, 3.05) is 47.5 Å². The van der Waals surface area contributed by atoms with Gasteiger partial charge in [0, 0.05) is 12.8 Å². The van der Waals surface area contributed by atoms with E-state index in [9.17, 15) is 29.3 Å². The van der Waals surface area contributed by atoms with Gasteiger partial charge in [-0.15, -0.1) is 0 Å². The molecule has 0 saturated heterocycles. The summed E-state index contributed by atoms with van der Waals surface area (Å²) < 4.78 is 34.2. The number of allylic oxidation sites excluding steroid dienone is 8. The van der Waals surface area contributed by atoms with Gasteiger partial charge in [0.15, 0.2) is 6.10 Å². The van der Waals surface area contributed by atoms with Gasteiger partial charge in [-0.05, 0) is 38.5 Å². The normalized spacial score (nSPS) is 15.1. The number of esters is 2. The number of nitrogens with zero attached hydrogens (tertiary/aromatic N) is 1. The molecular formula is C52H93NO10P+. The lowest BCUT2D eigenvalue weighted by molar-refractivity contribution is -0.870. The number of aliphatic hydroxyl groups excluding tert-OH is 2. The molecule has 0 radical (unpaired) electrons. The fourth-order valence-electron chi connectivity index (χ4n) is 6.52. The minimum absolute atomic E-state index is 0.00847. The van der Waals surface area contributed by atoms with Crippen LogP contribution in [-0.2, 0) is 32.7 Å². The lowest BCUT2D eigenvalue weighted by Crippen LogP contribution is -2.37. The van der Waals surface area contributed by atoms with Crippen LogP contribution in [0.4, 0.5) is 0 Å². The third kappa shape index (κ3) is 45.9. The quantitative estimate of drug-likeness (QED) is 0.0135. The topological polar surface area (TPSA) is 149 Å². The van der Waals surface area contributed by atoms with Crippen LogP contribution in [0.3, 0.4) is 0 Å². The number of ether oxygens (including phenoxy) is 2. The minimum atomic E-state index is -4.44. The molecular weight excluding hydrogens is 830 g/mol. The highest BCUT2D eigenvalue weighted by molar-refractivity contribution is 7.47. The van der Waals surface area contributed by atoms with E-state index in [0.29, 0.717) is 43.1 Å². The molecule has 0 amide bonds. The summed E-state index contributed by atoms with van der Waals surface area (Å²) >= 11 is 0. The number of phosphoric acid groups is 1. The fraction of sp³-hybridized carbons (Fsp3) is 0.731. The van der Waals surface area contributed by atoms with E-state index in [2.05, 4.69) is 13.8 Å². The van der Waals surface area contributed by atoms with Gasteiger partial charge in [-0.25, -0.2) is 4.57 Å². The molecule has 370 valence electrons. The van der Waals surface area contributed by atoms with Gasteiger partial charge in [-0.1, -0.05) is 202 Å². The van der Waals surface area contributed by atoms with Crippen molar-refractivity contribution in [2.45, 2.75) is 199 Å². The van der Waals surface area contributed by atoms with Crippen LogP contribution in [0.25, 0.3) is 0 Å². The molecule has 4 atom stereocenters. The summed E-state index contributed by atoms with van der Waals surface area (Å²) in [6.45, 7) is 4.02. The Labute approximate surface area is 390 Å². The first kappa shape index (κ1) is 61.4. The van der Waals surface area contributed by atoms with Crippen LogP contribution < -0.4 is 0 Å². The van der Waals surface area contributed by atoms with Crippen molar-refractivity contribution in [3.05, 3.63) is 72.9 Å². The van der Waals surface area contributed by atoms with E-state index in [1.807, 2.05) is 63.7 Å². The van der Waals surface area contributed by atoms with E-state index < -0.39 is 44.7 Å². The fourth-order valence-corrected chi connectivity index (χ4v) is 7.26. The number of quaternary nitrogens is 1. The highest BCUT2D eigenvalue weighted by Gasteiger charge is 2.27. The smallest absolute Gasteiger partial charge is 0.462 e. The summed E-state index contributed by atoms with van der Waals surface area (Å²) in [7, 11) is 1.34. The molecule has 0 aromatic carbocycles. The maximum absolute atomic E-state index is 12.7. The third-order valence-electron chi connectivity index (χ3n) is 10.4. The van der Waals surface area contributed by atoms with Crippen LogP contribution in [-0.4, -0.2) is 97.3 Å². The Balaban J connectivity index is 4.51. The summed E-state index contributed by atoms with van der Waals surface area (Å²) in [6.07, 6.45) is 47.4.